The van der Waals surface area contributed by atoms with Crippen molar-refractivity contribution in [2.75, 3.05) is 6.61 Å². The van der Waals surface area contributed by atoms with E-state index in [1.54, 1.807) is 31.2 Å². The predicted molar refractivity (Wildman–Crippen MR) is 109 cm³/mol. The van der Waals surface area contributed by atoms with Crippen molar-refractivity contribution in [3.05, 3.63) is 80.3 Å². The molecule has 0 aliphatic heterocycles. The summed E-state index contributed by atoms with van der Waals surface area (Å²) in [7, 11) is 0. The fourth-order valence-corrected chi connectivity index (χ4v) is 2.75. The van der Waals surface area contributed by atoms with E-state index in [9.17, 15) is 20.6 Å². The van der Waals surface area contributed by atoms with Gasteiger partial charge in [0, 0.05) is 24.2 Å². The first-order chi connectivity index (χ1) is 14.9. The van der Waals surface area contributed by atoms with E-state index in [0.717, 1.165) is 0 Å². The second kappa shape index (κ2) is 9.41. The van der Waals surface area contributed by atoms with E-state index in [1.165, 1.54) is 24.3 Å². The largest absolute Gasteiger partial charge is 0.490 e. The molecule has 0 unspecified atom stereocenters. The van der Waals surface area contributed by atoms with Gasteiger partial charge in [-0.2, -0.15) is 5.26 Å². The maximum Gasteiger partial charge on any atom is 0.269 e. The molecule has 0 saturated heterocycles. The van der Waals surface area contributed by atoms with E-state index >= 15 is 0 Å². The van der Waals surface area contributed by atoms with E-state index in [0.29, 0.717) is 40.5 Å². The van der Waals surface area contributed by atoms with E-state index in [-0.39, 0.29) is 22.9 Å². The first kappa shape index (κ1) is 21.3. The second-order valence-electron chi connectivity index (χ2n) is 6.36. The molecule has 1 heterocycles. The van der Waals surface area contributed by atoms with Crippen LogP contribution in [0.5, 0.6) is 11.5 Å². The molecule has 10 heteroatoms. The number of hydrogen-bond donors (Lipinski definition) is 0. The maximum absolute atomic E-state index is 11.6. The van der Waals surface area contributed by atoms with Gasteiger partial charge in [0.05, 0.1) is 23.2 Å². The van der Waals surface area contributed by atoms with Crippen molar-refractivity contribution >= 4 is 17.3 Å². The van der Waals surface area contributed by atoms with Crippen LogP contribution in [-0.4, -0.2) is 16.7 Å². The number of benzene rings is 2. The minimum Gasteiger partial charge on any atom is -0.490 e. The molecule has 0 radical (unpaired) electrons. The Hall–Kier alpha value is -4.39. The van der Waals surface area contributed by atoms with Crippen LogP contribution in [0.3, 0.4) is 0 Å². The van der Waals surface area contributed by atoms with Crippen molar-refractivity contribution in [3.8, 4) is 17.6 Å². The number of nitrogens with zero attached hydrogens (tertiary/aromatic N) is 4. The van der Waals surface area contributed by atoms with Gasteiger partial charge in [0.1, 0.15) is 0 Å². The van der Waals surface area contributed by atoms with Crippen LogP contribution in [0.2, 0.25) is 0 Å². The number of nitro benzene ring substituents is 1. The summed E-state index contributed by atoms with van der Waals surface area (Å²) >= 11 is 0. The molecule has 0 N–H and O–H groups in total. The van der Waals surface area contributed by atoms with Crippen LogP contribution in [0.4, 0.5) is 5.69 Å². The first-order valence-electron chi connectivity index (χ1n) is 9.24. The number of nitro groups is 1. The molecule has 0 atom stereocenters. The van der Waals surface area contributed by atoms with Crippen molar-refractivity contribution in [2.24, 2.45) is 0 Å². The summed E-state index contributed by atoms with van der Waals surface area (Å²) in [5, 5.41) is 35.5. The number of ether oxygens (including phenoxy) is 2. The molecule has 1 aromatic heterocycles. The fraction of sp³-hybridized carbons (Fsp3) is 0.190. The highest BCUT2D eigenvalue weighted by Gasteiger charge is 2.17. The van der Waals surface area contributed by atoms with E-state index in [1.807, 2.05) is 6.92 Å². The van der Waals surface area contributed by atoms with Crippen LogP contribution in [0.1, 0.15) is 29.4 Å². The second-order valence-corrected chi connectivity index (χ2v) is 6.36. The van der Waals surface area contributed by atoms with Gasteiger partial charge in [-0.05, 0) is 53.3 Å². The lowest BCUT2D eigenvalue weighted by atomic mass is 10.0. The third-order valence-electron chi connectivity index (χ3n) is 4.34. The van der Waals surface area contributed by atoms with Gasteiger partial charge in [0.25, 0.3) is 5.69 Å². The number of allylic oxidation sites excluding steroid dienone is 1. The molecular weight excluding hydrogens is 404 g/mol. The Bertz CT molecular complexity index is 1140. The van der Waals surface area contributed by atoms with Gasteiger partial charge in [0.2, 0.25) is 11.4 Å². The summed E-state index contributed by atoms with van der Waals surface area (Å²) in [5.41, 5.74) is 2.17. The minimum absolute atomic E-state index is 0.0522. The summed E-state index contributed by atoms with van der Waals surface area (Å²) in [6.45, 7) is 3.78. The molecular formula is C21H18N4O6. The van der Waals surface area contributed by atoms with Crippen LogP contribution in [0.25, 0.3) is 11.6 Å². The zero-order valence-corrected chi connectivity index (χ0v) is 16.8. The monoisotopic (exact) mass is 422 g/mol. The molecule has 2 aromatic carbocycles. The Kier molecular flexibility index (Phi) is 6.47. The van der Waals surface area contributed by atoms with Gasteiger partial charge in [-0.15, -0.1) is 0 Å². The Labute approximate surface area is 177 Å². The Balaban J connectivity index is 1.86. The van der Waals surface area contributed by atoms with Gasteiger partial charge < -0.3 is 14.7 Å². The number of non-ortho nitro benzene ring substituents is 1. The predicted octanol–water partition coefficient (Wildman–Crippen LogP) is 3.57. The average Bonchev–Trinajstić information content (AvgIpc) is 3.09. The van der Waals surface area contributed by atoms with Gasteiger partial charge in [0.15, 0.2) is 18.1 Å². The Morgan fingerprint density at radius 2 is 2.00 bits per heavy atom. The first-order valence-corrected chi connectivity index (χ1v) is 9.24. The summed E-state index contributed by atoms with van der Waals surface area (Å²) in [6.07, 6.45) is 1.64. The lowest BCUT2D eigenvalue weighted by Crippen LogP contribution is -2.29. The third kappa shape index (κ3) is 4.97. The van der Waals surface area contributed by atoms with Crippen molar-refractivity contribution in [3.63, 3.8) is 0 Å². The Morgan fingerprint density at radius 1 is 1.26 bits per heavy atom. The van der Waals surface area contributed by atoms with Crippen LogP contribution in [-0.2, 0) is 6.61 Å². The van der Waals surface area contributed by atoms with Crippen LogP contribution >= 0.6 is 0 Å². The molecule has 0 fully saturated rings. The van der Waals surface area contributed by atoms with E-state index < -0.39 is 4.92 Å². The van der Waals surface area contributed by atoms with Gasteiger partial charge in [-0.3, -0.25) is 14.7 Å². The van der Waals surface area contributed by atoms with Gasteiger partial charge in [-0.1, -0.05) is 6.07 Å². The zero-order valence-electron chi connectivity index (χ0n) is 16.8. The number of hydrogen-bond acceptors (Lipinski definition) is 8. The lowest BCUT2D eigenvalue weighted by molar-refractivity contribution is -0.808. The number of aromatic nitrogens is 2. The van der Waals surface area contributed by atoms with Crippen LogP contribution in [0, 0.1) is 33.6 Å². The quantitative estimate of drug-likeness (QED) is 0.176. The molecule has 0 saturated carbocycles. The lowest BCUT2D eigenvalue weighted by Gasteiger charge is -2.12. The zero-order chi connectivity index (χ0) is 22.4. The average molecular weight is 422 g/mol. The minimum atomic E-state index is -0.498. The fourth-order valence-electron chi connectivity index (χ4n) is 2.75. The summed E-state index contributed by atoms with van der Waals surface area (Å²) in [5.74, 6) is 0.845. The molecule has 31 heavy (non-hydrogen) atoms. The molecule has 3 aromatic rings. The molecule has 0 spiro atoms. The van der Waals surface area contributed by atoms with Crippen molar-refractivity contribution < 1.29 is 23.9 Å². The molecule has 3 rings (SSSR count). The smallest absolute Gasteiger partial charge is 0.269 e. The van der Waals surface area contributed by atoms with Crippen molar-refractivity contribution in [1.29, 1.82) is 5.26 Å². The highest BCUT2D eigenvalue weighted by Crippen LogP contribution is 2.31. The molecule has 158 valence electrons. The number of nitriles is 1. The van der Waals surface area contributed by atoms with Crippen LogP contribution in [0.15, 0.2) is 47.1 Å². The molecule has 0 amide bonds. The van der Waals surface area contributed by atoms with E-state index in [2.05, 4.69) is 15.9 Å². The summed E-state index contributed by atoms with van der Waals surface area (Å²) in [4.78, 5) is 10.6. The highest BCUT2D eigenvalue weighted by atomic mass is 16.8. The van der Waals surface area contributed by atoms with Gasteiger partial charge in [-0.25, -0.2) is 0 Å². The number of rotatable bonds is 8. The van der Waals surface area contributed by atoms with Gasteiger partial charge >= 0.3 is 0 Å². The summed E-state index contributed by atoms with van der Waals surface area (Å²) < 4.78 is 15.9. The van der Waals surface area contributed by atoms with Crippen LogP contribution < -0.4 is 14.4 Å². The Morgan fingerprint density at radius 3 is 2.58 bits per heavy atom. The molecule has 0 bridgehead atoms. The van der Waals surface area contributed by atoms with E-state index in [4.69, 9.17) is 9.47 Å². The van der Waals surface area contributed by atoms with Crippen molar-refractivity contribution in [2.45, 2.75) is 20.5 Å². The SMILES string of the molecule is CCOc1cc(/C=C(\C#N)c2ccc([N+](=O)[O-])cc2)ccc1OCc1c(C)no[n+]1[O-]. The number of aryl methyl sites for hydroxylation is 1. The molecule has 0 aliphatic carbocycles. The highest BCUT2D eigenvalue weighted by molar-refractivity contribution is 5.90. The normalized spacial score (nSPS) is 11.1. The standard InChI is InChI=1S/C21H18N4O6/c1-3-29-21-11-15(4-9-20(21)30-13-19-14(2)23-31-25(19)28)10-17(12-22)16-5-7-18(8-6-16)24(26)27/h4-11H,3,13H2,1-2H3/b17-10+. The van der Waals surface area contributed by atoms with Crippen molar-refractivity contribution in [1.82, 2.24) is 5.16 Å². The third-order valence-corrected chi connectivity index (χ3v) is 4.34. The summed E-state index contributed by atoms with van der Waals surface area (Å²) in [6, 6.07) is 12.9. The maximum atomic E-state index is 11.6. The molecule has 10 nitrogen and oxygen atoms in total. The molecule has 0 aliphatic rings. The topological polar surface area (TPSA) is 138 Å².